The van der Waals surface area contributed by atoms with Gasteiger partial charge in [0.25, 0.3) is 0 Å². The van der Waals surface area contributed by atoms with E-state index in [1.807, 2.05) is 0 Å². The van der Waals surface area contributed by atoms with Crippen LogP contribution in [0.4, 0.5) is 0 Å². The van der Waals surface area contributed by atoms with Crippen LogP contribution in [0.5, 0.6) is 0 Å². The normalized spacial score (nSPS) is 14.4. The number of hydrogen-bond donors (Lipinski definition) is 1. The maximum absolute atomic E-state index is 6.33. The van der Waals surface area contributed by atoms with Crippen LogP contribution in [0.3, 0.4) is 0 Å². The first-order valence-electron chi connectivity index (χ1n) is 7.55. The molecule has 0 saturated heterocycles. The molecule has 0 spiro atoms. The predicted molar refractivity (Wildman–Crippen MR) is 80.7 cm³/mol. The smallest absolute Gasteiger partial charge is 0.0297 e. The molecule has 0 aliphatic carbocycles. The average molecular weight is 247 g/mol. The number of rotatable bonds is 8. The summed E-state index contributed by atoms with van der Waals surface area (Å²) in [6.45, 7) is 6.73. The van der Waals surface area contributed by atoms with E-state index in [-0.39, 0.29) is 6.04 Å². The van der Waals surface area contributed by atoms with Crippen molar-refractivity contribution in [1.82, 2.24) is 0 Å². The molecular formula is C17H29N. The fourth-order valence-electron chi connectivity index (χ4n) is 2.48. The third-order valence-corrected chi connectivity index (χ3v) is 3.95. The van der Waals surface area contributed by atoms with Gasteiger partial charge in [0.2, 0.25) is 0 Å². The largest absolute Gasteiger partial charge is 0.324 e. The highest BCUT2D eigenvalue weighted by atomic mass is 14.6. The van der Waals surface area contributed by atoms with Crippen molar-refractivity contribution in [3.8, 4) is 0 Å². The Bertz CT molecular complexity index is 315. The van der Waals surface area contributed by atoms with Gasteiger partial charge in [0.15, 0.2) is 0 Å². The number of benzene rings is 1. The van der Waals surface area contributed by atoms with E-state index in [9.17, 15) is 0 Å². The molecule has 2 unspecified atom stereocenters. The molecule has 0 saturated carbocycles. The molecule has 0 aromatic heterocycles. The number of nitrogens with two attached hydrogens (primary N) is 1. The zero-order valence-electron chi connectivity index (χ0n) is 12.3. The first-order valence-corrected chi connectivity index (χ1v) is 7.55. The summed E-state index contributed by atoms with van der Waals surface area (Å²) in [5, 5.41) is 0. The minimum Gasteiger partial charge on any atom is -0.324 e. The van der Waals surface area contributed by atoms with Gasteiger partial charge in [-0.1, -0.05) is 70.7 Å². The van der Waals surface area contributed by atoms with Gasteiger partial charge < -0.3 is 5.73 Å². The van der Waals surface area contributed by atoms with Crippen LogP contribution in [0, 0.1) is 5.92 Å². The molecule has 1 rings (SSSR count). The lowest BCUT2D eigenvalue weighted by Crippen LogP contribution is -2.15. The van der Waals surface area contributed by atoms with Crippen molar-refractivity contribution in [1.29, 1.82) is 0 Å². The lowest BCUT2D eigenvalue weighted by atomic mass is 9.89. The van der Waals surface area contributed by atoms with Gasteiger partial charge in [0.05, 0.1) is 0 Å². The van der Waals surface area contributed by atoms with E-state index >= 15 is 0 Å². The van der Waals surface area contributed by atoms with Gasteiger partial charge in [-0.3, -0.25) is 0 Å². The first-order chi connectivity index (χ1) is 8.71. The summed E-state index contributed by atoms with van der Waals surface area (Å²) in [5.74, 6) is 0.783. The molecule has 0 radical (unpaired) electrons. The monoisotopic (exact) mass is 247 g/mol. The first kappa shape index (κ1) is 15.2. The topological polar surface area (TPSA) is 26.0 Å². The molecule has 1 nitrogen and oxygen atoms in total. The zero-order chi connectivity index (χ0) is 13.4. The molecule has 2 atom stereocenters. The Morgan fingerprint density at radius 1 is 1.06 bits per heavy atom. The van der Waals surface area contributed by atoms with E-state index in [4.69, 9.17) is 5.73 Å². The van der Waals surface area contributed by atoms with E-state index in [1.165, 1.54) is 36.8 Å². The zero-order valence-corrected chi connectivity index (χ0v) is 12.3. The van der Waals surface area contributed by atoms with Crippen molar-refractivity contribution < 1.29 is 0 Å². The second kappa shape index (κ2) is 8.31. The Balaban J connectivity index is 2.53. The summed E-state index contributed by atoms with van der Waals surface area (Å²) in [5.41, 5.74) is 9.02. The predicted octanol–water partition coefficient (Wildman–Crippen LogP) is 4.86. The van der Waals surface area contributed by atoms with Crippen LogP contribution in [-0.4, -0.2) is 0 Å². The summed E-state index contributed by atoms with van der Waals surface area (Å²) in [7, 11) is 0. The van der Waals surface area contributed by atoms with Crippen molar-refractivity contribution in [2.24, 2.45) is 11.7 Å². The second-order valence-corrected chi connectivity index (χ2v) is 5.35. The van der Waals surface area contributed by atoms with Gasteiger partial charge in [-0.2, -0.15) is 0 Å². The van der Waals surface area contributed by atoms with Crippen molar-refractivity contribution in [2.45, 2.75) is 65.3 Å². The Kier molecular flexibility index (Phi) is 7.04. The van der Waals surface area contributed by atoms with Gasteiger partial charge in [-0.15, -0.1) is 0 Å². The highest BCUT2D eigenvalue weighted by molar-refractivity contribution is 5.24. The van der Waals surface area contributed by atoms with Gasteiger partial charge in [0.1, 0.15) is 0 Å². The Morgan fingerprint density at radius 3 is 2.22 bits per heavy atom. The molecule has 0 aliphatic heterocycles. The fourth-order valence-corrected chi connectivity index (χ4v) is 2.48. The molecule has 0 bridgehead atoms. The lowest BCUT2D eigenvalue weighted by Gasteiger charge is -2.20. The average Bonchev–Trinajstić information content (AvgIpc) is 2.43. The van der Waals surface area contributed by atoms with Crippen molar-refractivity contribution in [3.63, 3.8) is 0 Å². The van der Waals surface area contributed by atoms with E-state index in [0.717, 1.165) is 18.8 Å². The second-order valence-electron chi connectivity index (χ2n) is 5.35. The van der Waals surface area contributed by atoms with Gasteiger partial charge in [0, 0.05) is 6.04 Å². The maximum Gasteiger partial charge on any atom is 0.0297 e. The number of hydrogen-bond acceptors (Lipinski definition) is 1. The fraction of sp³-hybridized carbons (Fsp3) is 0.647. The summed E-state index contributed by atoms with van der Waals surface area (Å²) in [4.78, 5) is 0. The van der Waals surface area contributed by atoms with Crippen LogP contribution < -0.4 is 5.73 Å². The molecule has 0 fully saturated rings. The summed E-state index contributed by atoms with van der Waals surface area (Å²) >= 11 is 0. The van der Waals surface area contributed by atoms with Crippen LogP contribution in [0.1, 0.15) is 70.0 Å². The van der Waals surface area contributed by atoms with Crippen molar-refractivity contribution >= 4 is 0 Å². The number of unbranched alkanes of at least 4 members (excludes halogenated alkanes) is 1. The van der Waals surface area contributed by atoms with Crippen LogP contribution in [0.15, 0.2) is 24.3 Å². The Morgan fingerprint density at radius 2 is 1.72 bits per heavy atom. The minimum atomic E-state index is 0.206. The molecule has 2 N–H and O–H groups in total. The highest BCUT2D eigenvalue weighted by Crippen LogP contribution is 2.25. The van der Waals surface area contributed by atoms with Crippen molar-refractivity contribution in [3.05, 3.63) is 35.4 Å². The van der Waals surface area contributed by atoms with Crippen molar-refractivity contribution in [2.75, 3.05) is 0 Å². The molecule has 102 valence electrons. The van der Waals surface area contributed by atoms with Crippen LogP contribution in [0.2, 0.25) is 0 Å². The molecule has 1 aromatic carbocycles. The molecule has 0 amide bonds. The summed E-state index contributed by atoms with van der Waals surface area (Å²) < 4.78 is 0. The van der Waals surface area contributed by atoms with Crippen LogP contribution in [0.25, 0.3) is 0 Å². The Labute approximate surface area is 113 Å². The third kappa shape index (κ3) is 4.81. The summed E-state index contributed by atoms with van der Waals surface area (Å²) in [6, 6.07) is 9.04. The quantitative estimate of drug-likeness (QED) is 0.698. The van der Waals surface area contributed by atoms with Crippen LogP contribution in [-0.2, 0) is 6.42 Å². The van der Waals surface area contributed by atoms with E-state index in [1.54, 1.807) is 0 Å². The van der Waals surface area contributed by atoms with Gasteiger partial charge >= 0.3 is 0 Å². The van der Waals surface area contributed by atoms with E-state index in [2.05, 4.69) is 45.0 Å². The molecule has 1 heteroatoms. The minimum absolute atomic E-state index is 0.206. The third-order valence-electron chi connectivity index (χ3n) is 3.95. The van der Waals surface area contributed by atoms with Gasteiger partial charge in [-0.25, -0.2) is 0 Å². The van der Waals surface area contributed by atoms with E-state index in [0.29, 0.717) is 0 Å². The molecule has 18 heavy (non-hydrogen) atoms. The van der Waals surface area contributed by atoms with E-state index < -0.39 is 0 Å². The SMILES string of the molecule is CCCCC(CC)CC(N)c1ccc(CC)cc1. The maximum atomic E-state index is 6.33. The molecule has 1 aromatic rings. The standard InChI is InChI=1S/C17H29N/c1-4-7-8-15(6-3)13-17(18)16-11-9-14(5-2)10-12-16/h9-12,15,17H,4-8,13,18H2,1-3H3. The lowest BCUT2D eigenvalue weighted by molar-refractivity contribution is 0.388. The summed E-state index contributed by atoms with van der Waals surface area (Å²) in [6.07, 6.45) is 7.43. The van der Waals surface area contributed by atoms with Crippen LogP contribution >= 0.6 is 0 Å². The highest BCUT2D eigenvalue weighted by Gasteiger charge is 2.13. The molecular weight excluding hydrogens is 218 g/mol. The number of aryl methyl sites for hydroxylation is 1. The molecule has 0 aliphatic rings. The molecule has 0 heterocycles. The van der Waals surface area contributed by atoms with Gasteiger partial charge in [-0.05, 0) is 29.9 Å². The Hall–Kier alpha value is -0.820.